The van der Waals surface area contributed by atoms with Crippen LogP contribution in [0.4, 0.5) is 0 Å². The molecule has 0 aliphatic heterocycles. The normalized spacial score (nSPS) is 15.1. The number of nitrogens with zero attached hydrogens (tertiary/aromatic N) is 1. The standard InChI is InChI=1S/C10H23N3OS/c1-8(5-6-10(14)12-11)13(3)9(2)7-15-4/h8-9H,5-7,11H2,1-4H3,(H,12,14). The number of hydrogen-bond donors (Lipinski definition) is 2. The van der Waals surface area contributed by atoms with Crippen LogP contribution in [0.3, 0.4) is 0 Å². The third-order valence-electron chi connectivity index (χ3n) is 2.75. The summed E-state index contributed by atoms with van der Waals surface area (Å²) in [5, 5.41) is 0. The minimum Gasteiger partial charge on any atom is -0.300 e. The summed E-state index contributed by atoms with van der Waals surface area (Å²) >= 11 is 1.84. The van der Waals surface area contributed by atoms with Gasteiger partial charge < -0.3 is 4.90 Å². The molecular formula is C10H23N3OS. The van der Waals surface area contributed by atoms with Gasteiger partial charge in [-0.15, -0.1) is 0 Å². The van der Waals surface area contributed by atoms with Gasteiger partial charge in [-0.3, -0.25) is 10.2 Å². The van der Waals surface area contributed by atoms with Crippen molar-refractivity contribution in [2.24, 2.45) is 5.84 Å². The van der Waals surface area contributed by atoms with Crippen molar-refractivity contribution in [3.05, 3.63) is 0 Å². The van der Waals surface area contributed by atoms with E-state index in [0.717, 1.165) is 12.2 Å². The molecule has 0 aromatic heterocycles. The molecule has 2 atom stereocenters. The van der Waals surface area contributed by atoms with E-state index < -0.39 is 0 Å². The quantitative estimate of drug-likeness (QED) is 0.388. The molecule has 0 bridgehead atoms. The Labute approximate surface area is 96.9 Å². The van der Waals surface area contributed by atoms with Crippen molar-refractivity contribution in [1.29, 1.82) is 0 Å². The van der Waals surface area contributed by atoms with E-state index in [-0.39, 0.29) is 5.91 Å². The molecule has 0 aliphatic rings. The predicted molar refractivity (Wildman–Crippen MR) is 66.6 cm³/mol. The van der Waals surface area contributed by atoms with E-state index >= 15 is 0 Å². The summed E-state index contributed by atoms with van der Waals surface area (Å²) in [7, 11) is 2.10. The van der Waals surface area contributed by atoms with Crippen molar-refractivity contribution < 1.29 is 4.79 Å². The van der Waals surface area contributed by atoms with Crippen molar-refractivity contribution in [3.63, 3.8) is 0 Å². The van der Waals surface area contributed by atoms with Crippen LogP contribution >= 0.6 is 11.8 Å². The number of rotatable bonds is 7. The summed E-state index contributed by atoms with van der Waals surface area (Å²) in [6.45, 7) is 4.34. The van der Waals surface area contributed by atoms with Crippen LogP contribution in [0.1, 0.15) is 26.7 Å². The molecule has 2 unspecified atom stereocenters. The van der Waals surface area contributed by atoms with Gasteiger partial charge in [0, 0.05) is 24.3 Å². The molecule has 4 nitrogen and oxygen atoms in total. The Morgan fingerprint density at radius 1 is 1.47 bits per heavy atom. The second-order valence-electron chi connectivity index (χ2n) is 3.93. The monoisotopic (exact) mass is 233 g/mol. The fourth-order valence-corrected chi connectivity index (χ4v) is 2.13. The van der Waals surface area contributed by atoms with Crippen LogP contribution in [0.25, 0.3) is 0 Å². The first-order chi connectivity index (χ1) is 7.02. The minimum atomic E-state index is -0.0900. The fourth-order valence-electron chi connectivity index (χ4n) is 1.41. The molecule has 0 saturated heterocycles. The predicted octanol–water partition coefficient (Wildman–Crippen LogP) is 0.828. The number of carbonyl (C=O) groups excluding carboxylic acids is 1. The van der Waals surface area contributed by atoms with E-state index in [1.807, 2.05) is 11.8 Å². The van der Waals surface area contributed by atoms with Crippen LogP contribution in [-0.2, 0) is 4.79 Å². The highest BCUT2D eigenvalue weighted by Gasteiger charge is 2.15. The van der Waals surface area contributed by atoms with E-state index in [1.165, 1.54) is 0 Å². The second-order valence-corrected chi connectivity index (χ2v) is 4.84. The highest BCUT2D eigenvalue weighted by Crippen LogP contribution is 2.11. The van der Waals surface area contributed by atoms with Gasteiger partial charge in [0.2, 0.25) is 5.91 Å². The third-order valence-corrected chi connectivity index (χ3v) is 3.56. The van der Waals surface area contributed by atoms with Crippen LogP contribution in [0, 0.1) is 0 Å². The van der Waals surface area contributed by atoms with E-state index in [4.69, 9.17) is 5.84 Å². The molecular weight excluding hydrogens is 210 g/mol. The highest BCUT2D eigenvalue weighted by atomic mass is 32.2. The summed E-state index contributed by atoms with van der Waals surface area (Å²) in [5.74, 6) is 6.05. The second kappa shape index (κ2) is 7.96. The number of hydrazine groups is 1. The SMILES string of the molecule is CSCC(C)N(C)C(C)CCC(=O)NN. The van der Waals surface area contributed by atoms with Gasteiger partial charge in [-0.25, -0.2) is 5.84 Å². The van der Waals surface area contributed by atoms with Crippen molar-refractivity contribution in [2.45, 2.75) is 38.8 Å². The Kier molecular flexibility index (Phi) is 7.82. The largest absolute Gasteiger partial charge is 0.300 e. The van der Waals surface area contributed by atoms with Gasteiger partial charge in [0.25, 0.3) is 0 Å². The smallest absolute Gasteiger partial charge is 0.233 e. The molecule has 0 saturated carbocycles. The topological polar surface area (TPSA) is 58.4 Å². The maximum absolute atomic E-state index is 11.0. The van der Waals surface area contributed by atoms with Crippen LogP contribution in [0.5, 0.6) is 0 Å². The molecule has 5 heteroatoms. The maximum atomic E-state index is 11.0. The van der Waals surface area contributed by atoms with Gasteiger partial charge in [0.1, 0.15) is 0 Å². The number of hydrogen-bond acceptors (Lipinski definition) is 4. The van der Waals surface area contributed by atoms with E-state index in [1.54, 1.807) is 0 Å². The molecule has 0 rings (SSSR count). The summed E-state index contributed by atoms with van der Waals surface area (Å²) in [6, 6.07) is 0.945. The Hall–Kier alpha value is -0.260. The van der Waals surface area contributed by atoms with Crippen molar-refractivity contribution >= 4 is 17.7 Å². The summed E-state index contributed by atoms with van der Waals surface area (Å²) < 4.78 is 0. The third kappa shape index (κ3) is 6.02. The number of amides is 1. The first-order valence-corrected chi connectivity index (χ1v) is 6.62. The Morgan fingerprint density at radius 3 is 2.53 bits per heavy atom. The molecule has 15 heavy (non-hydrogen) atoms. The number of thioether (sulfide) groups is 1. The lowest BCUT2D eigenvalue weighted by atomic mass is 10.1. The number of carbonyl (C=O) groups is 1. The molecule has 0 aromatic rings. The highest BCUT2D eigenvalue weighted by molar-refractivity contribution is 7.98. The Balaban J connectivity index is 3.87. The molecule has 0 spiro atoms. The Bertz CT molecular complexity index is 190. The zero-order chi connectivity index (χ0) is 11.8. The maximum Gasteiger partial charge on any atom is 0.233 e. The molecule has 0 aromatic carbocycles. The van der Waals surface area contributed by atoms with Gasteiger partial charge in [0.15, 0.2) is 0 Å². The molecule has 0 fully saturated rings. The van der Waals surface area contributed by atoms with E-state index in [0.29, 0.717) is 18.5 Å². The zero-order valence-electron chi connectivity index (χ0n) is 10.1. The van der Waals surface area contributed by atoms with Gasteiger partial charge in [-0.2, -0.15) is 11.8 Å². The molecule has 90 valence electrons. The first-order valence-electron chi connectivity index (χ1n) is 5.23. The molecule has 1 amide bonds. The van der Waals surface area contributed by atoms with Gasteiger partial charge in [-0.1, -0.05) is 0 Å². The van der Waals surface area contributed by atoms with Crippen LogP contribution in [0.15, 0.2) is 0 Å². The Morgan fingerprint density at radius 2 is 2.07 bits per heavy atom. The summed E-state index contributed by atoms with van der Waals surface area (Å²) in [5.41, 5.74) is 2.15. The lowest BCUT2D eigenvalue weighted by Gasteiger charge is -2.30. The summed E-state index contributed by atoms with van der Waals surface area (Å²) in [4.78, 5) is 13.3. The van der Waals surface area contributed by atoms with E-state index in [9.17, 15) is 4.79 Å². The molecule has 0 radical (unpaired) electrons. The number of nitrogens with two attached hydrogens (primary N) is 1. The van der Waals surface area contributed by atoms with Crippen molar-refractivity contribution in [3.8, 4) is 0 Å². The van der Waals surface area contributed by atoms with Crippen LogP contribution in [0.2, 0.25) is 0 Å². The van der Waals surface area contributed by atoms with Gasteiger partial charge in [-0.05, 0) is 33.6 Å². The molecule has 0 heterocycles. The first kappa shape index (κ1) is 14.7. The van der Waals surface area contributed by atoms with Crippen LogP contribution in [-0.4, -0.2) is 41.9 Å². The lowest BCUT2D eigenvalue weighted by molar-refractivity contribution is -0.121. The van der Waals surface area contributed by atoms with Crippen molar-refractivity contribution in [1.82, 2.24) is 10.3 Å². The summed E-state index contributed by atoms with van der Waals surface area (Å²) in [6.07, 6.45) is 3.45. The zero-order valence-corrected chi connectivity index (χ0v) is 10.9. The average Bonchev–Trinajstić information content (AvgIpc) is 2.24. The van der Waals surface area contributed by atoms with E-state index in [2.05, 4.69) is 37.5 Å². The fraction of sp³-hybridized carbons (Fsp3) is 0.900. The average molecular weight is 233 g/mol. The number of nitrogens with one attached hydrogen (secondary N) is 1. The van der Waals surface area contributed by atoms with Gasteiger partial charge >= 0.3 is 0 Å². The van der Waals surface area contributed by atoms with Crippen LogP contribution < -0.4 is 11.3 Å². The lowest BCUT2D eigenvalue weighted by Crippen LogP contribution is -2.39. The van der Waals surface area contributed by atoms with Gasteiger partial charge in [0.05, 0.1) is 0 Å². The minimum absolute atomic E-state index is 0.0900. The van der Waals surface area contributed by atoms with Crippen molar-refractivity contribution in [2.75, 3.05) is 19.1 Å². The molecule has 0 aliphatic carbocycles. The molecule has 3 N–H and O–H groups in total.